The van der Waals surface area contributed by atoms with Crippen LogP contribution in [-0.2, 0) is 10.0 Å². The van der Waals surface area contributed by atoms with Crippen molar-refractivity contribution in [3.8, 4) is 0 Å². The Labute approximate surface area is 162 Å². The quantitative estimate of drug-likeness (QED) is 0.537. The summed E-state index contributed by atoms with van der Waals surface area (Å²) in [7, 11) is -3.80. The molecule has 11 heteroatoms. The molecule has 0 radical (unpaired) electrons. The van der Waals surface area contributed by atoms with Crippen molar-refractivity contribution >= 4 is 55.4 Å². The second-order valence-corrected chi connectivity index (χ2v) is 8.32. The van der Waals surface area contributed by atoms with E-state index in [1.54, 1.807) is 0 Å². The molecule has 0 saturated carbocycles. The van der Waals surface area contributed by atoms with Gasteiger partial charge in [0.25, 0.3) is 0 Å². The Balaban J connectivity index is 1.88. The predicted octanol–water partition coefficient (Wildman–Crippen LogP) is 3.14. The summed E-state index contributed by atoms with van der Waals surface area (Å²) < 4.78 is 36.5. The molecule has 0 saturated heterocycles. The summed E-state index contributed by atoms with van der Waals surface area (Å²) in [5.74, 6) is -1.51. The number of hydrogen-bond donors (Lipinski definition) is 3. The fraction of sp³-hybridized carbons (Fsp3) is 0. The van der Waals surface area contributed by atoms with E-state index in [0.29, 0.717) is 5.69 Å². The zero-order chi connectivity index (χ0) is 19.8. The van der Waals surface area contributed by atoms with Crippen LogP contribution in [0.4, 0.5) is 21.0 Å². The van der Waals surface area contributed by atoms with E-state index in [0.717, 1.165) is 17.4 Å². The lowest BCUT2D eigenvalue weighted by molar-refractivity contribution is 0.103. The fourth-order valence-corrected chi connectivity index (χ4v) is 3.84. The maximum atomic E-state index is 14.0. The van der Waals surface area contributed by atoms with Crippen LogP contribution >= 0.6 is 22.9 Å². The Kier molecular flexibility index (Phi) is 5.16. The number of benzene rings is 2. The molecule has 3 aromatic rings. The van der Waals surface area contributed by atoms with E-state index in [1.807, 2.05) is 0 Å². The summed E-state index contributed by atoms with van der Waals surface area (Å²) in [5, 5.41) is 8.18. The molecule has 0 aliphatic rings. The van der Waals surface area contributed by atoms with E-state index >= 15 is 0 Å². The third-order valence-electron chi connectivity index (χ3n) is 3.48. The van der Waals surface area contributed by atoms with Crippen LogP contribution in [0.25, 0.3) is 0 Å². The predicted molar refractivity (Wildman–Crippen MR) is 102 cm³/mol. The van der Waals surface area contributed by atoms with Gasteiger partial charge in [-0.15, -0.1) is 0 Å². The second-order valence-electron chi connectivity index (χ2n) is 5.35. The summed E-state index contributed by atoms with van der Waals surface area (Å²) in [4.78, 5) is 16.6. The summed E-state index contributed by atoms with van der Waals surface area (Å²) in [5.41, 5.74) is 6.01. The molecule has 2 aromatic carbocycles. The van der Waals surface area contributed by atoms with Crippen LogP contribution < -0.4 is 16.2 Å². The Morgan fingerprint density at radius 2 is 1.85 bits per heavy atom. The highest BCUT2D eigenvalue weighted by atomic mass is 35.5. The Hall–Kier alpha value is -2.53. The average molecular weight is 427 g/mol. The molecule has 0 aliphatic carbocycles. The maximum Gasteiger partial charge on any atom is 0.238 e. The number of nitrogens with two attached hydrogens (primary N) is 2. The highest BCUT2D eigenvalue weighted by molar-refractivity contribution is 7.89. The largest absolute Gasteiger partial charge is 0.382 e. The van der Waals surface area contributed by atoms with Crippen molar-refractivity contribution in [3.05, 3.63) is 63.7 Å². The molecule has 0 spiro atoms. The number of nitrogens with zero attached hydrogens (tertiary/aromatic N) is 1. The van der Waals surface area contributed by atoms with Gasteiger partial charge in [-0.05, 0) is 36.4 Å². The van der Waals surface area contributed by atoms with Crippen molar-refractivity contribution in [1.29, 1.82) is 0 Å². The third-order valence-corrected chi connectivity index (χ3v) is 5.71. The van der Waals surface area contributed by atoms with Gasteiger partial charge in [0.05, 0.1) is 15.5 Å². The van der Waals surface area contributed by atoms with Crippen molar-refractivity contribution < 1.29 is 17.6 Å². The van der Waals surface area contributed by atoms with Crippen LogP contribution in [0.1, 0.15) is 15.2 Å². The minimum absolute atomic E-state index is 0.0270. The second kappa shape index (κ2) is 7.24. The third kappa shape index (κ3) is 4.08. The number of anilines is 3. The molecule has 0 unspecified atom stereocenters. The molecule has 0 aliphatic heterocycles. The van der Waals surface area contributed by atoms with E-state index in [4.69, 9.17) is 22.5 Å². The number of thiazole rings is 1. The number of halogens is 2. The maximum absolute atomic E-state index is 14.0. The molecule has 27 heavy (non-hydrogen) atoms. The van der Waals surface area contributed by atoms with E-state index in [-0.39, 0.29) is 31.3 Å². The highest BCUT2D eigenvalue weighted by Crippen LogP contribution is 2.32. The van der Waals surface area contributed by atoms with Crippen molar-refractivity contribution in [3.63, 3.8) is 0 Å². The summed E-state index contributed by atoms with van der Waals surface area (Å²) >= 11 is 6.84. The van der Waals surface area contributed by atoms with E-state index in [1.165, 1.54) is 36.4 Å². The van der Waals surface area contributed by atoms with Gasteiger partial charge in [0.1, 0.15) is 16.5 Å². The minimum Gasteiger partial charge on any atom is -0.382 e. The molecule has 0 bridgehead atoms. The van der Waals surface area contributed by atoms with Crippen molar-refractivity contribution in [1.82, 2.24) is 4.98 Å². The lowest BCUT2D eigenvalue weighted by Gasteiger charge is -2.04. The molecule has 0 fully saturated rings. The van der Waals surface area contributed by atoms with E-state index in [9.17, 15) is 17.6 Å². The van der Waals surface area contributed by atoms with E-state index in [2.05, 4.69) is 10.3 Å². The number of nitrogens with one attached hydrogen (secondary N) is 1. The van der Waals surface area contributed by atoms with Crippen LogP contribution in [0.2, 0.25) is 5.02 Å². The van der Waals surface area contributed by atoms with Crippen molar-refractivity contribution in [2.75, 3.05) is 11.1 Å². The number of sulfonamides is 1. The van der Waals surface area contributed by atoms with Crippen LogP contribution in [0.3, 0.4) is 0 Å². The summed E-state index contributed by atoms with van der Waals surface area (Å²) in [6.45, 7) is 0. The Bertz CT molecular complexity index is 1110. The molecule has 0 atom stereocenters. The number of carbonyl (C=O) groups excluding carboxylic acids is 1. The molecule has 7 nitrogen and oxygen atoms in total. The lowest BCUT2D eigenvalue weighted by Crippen LogP contribution is -2.11. The first-order chi connectivity index (χ1) is 12.7. The van der Waals surface area contributed by atoms with Crippen molar-refractivity contribution in [2.45, 2.75) is 4.90 Å². The van der Waals surface area contributed by atoms with Gasteiger partial charge in [0.2, 0.25) is 15.8 Å². The molecular weight excluding hydrogens is 415 g/mol. The lowest BCUT2D eigenvalue weighted by atomic mass is 10.1. The molecular formula is C16H12ClFN4O3S2. The topological polar surface area (TPSA) is 128 Å². The number of nitrogen functional groups attached to an aromatic ring is 1. The molecule has 5 N–H and O–H groups in total. The summed E-state index contributed by atoms with van der Waals surface area (Å²) in [6.07, 6.45) is 0. The van der Waals surface area contributed by atoms with Gasteiger partial charge in [0.15, 0.2) is 5.13 Å². The molecule has 3 rings (SSSR count). The number of carbonyl (C=O) groups is 1. The zero-order valence-electron chi connectivity index (χ0n) is 13.4. The van der Waals surface area contributed by atoms with Gasteiger partial charge in [0, 0.05) is 5.69 Å². The van der Waals surface area contributed by atoms with Gasteiger partial charge < -0.3 is 11.1 Å². The van der Waals surface area contributed by atoms with Gasteiger partial charge in [-0.2, -0.15) is 0 Å². The Morgan fingerprint density at radius 3 is 2.44 bits per heavy atom. The van der Waals surface area contributed by atoms with Gasteiger partial charge in [-0.25, -0.2) is 22.9 Å². The first-order valence-electron chi connectivity index (χ1n) is 7.31. The van der Waals surface area contributed by atoms with E-state index < -0.39 is 21.6 Å². The van der Waals surface area contributed by atoms with Crippen LogP contribution in [0.15, 0.2) is 47.4 Å². The smallest absolute Gasteiger partial charge is 0.238 e. The molecule has 0 amide bonds. The van der Waals surface area contributed by atoms with Crippen LogP contribution in [0, 0.1) is 5.82 Å². The SMILES string of the molecule is Nc1nc(Nc2ccc(S(N)(=O)=O)cc2)sc1C(=O)c1c(F)cccc1Cl. The minimum atomic E-state index is -3.80. The Morgan fingerprint density at radius 1 is 1.19 bits per heavy atom. The van der Waals surface area contributed by atoms with Gasteiger partial charge >= 0.3 is 0 Å². The highest BCUT2D eigenvalue weighted by Gasteiger charge is 2.23. The monoisotopic (exact) mass is 426 g/mol. The first-order valence-corrected chi connectivity index (χ1v) is 10.1. The number of ketones is 1. The first kappa shape index (κ1) is 19.2. The van der Waals surface area contributed by atoms with Crippen LogP contribution in [0.5, 0.6) is 0 Å². The number of aromatic nitrogens is 1. The number of rotatable bonds is 5. The zero-order valence-corrected chi connectivity index (χ0v) is 15.8. The average Bonchev–Trinajstić information content (AvgIpc) is 2.94. The van der Waals surface area contributed by atoms with Gasteiger partial charge in [-0.3, -0.25) is 4.79 Å². The molecule has 1 heterocycles. The number of hydrogen-bond acceptors (Lipinski definition) is 7. The molecule has 140 valence electrons. The van der Waals surface area contributed by atoms with Crippen molar-refractivity contribution in [2.24, 2.45) is 5.14 Å². The van der Waals surface area contributed by atoms with Crippen LogP contribution in [-0.4, -0.2) is 19.2 Å². The standard InChI is InChI=1S/C16H12ClFN4O3S2/c17-10-2-1-3-11(18)12(10)13(23)14-15(19)22-16(26-14)21-8-4-6-9(7-5-8)27(20,24)25/h1-7H,19H2,(H,21,22)(H2,20,24,25). The van der Waals surface area contributed by atoms with Gasteiger partial charge in [-0.1, -0.05) is 29.0 Å². The molecule has 1 aromatic heterocycles. The normalized spacial score (nSPS) is 11.4. The summed E-state index contributed by atoms with van der Waals surface area (Å²) in [6, 6.07) is 9.52. The number of primary sulfonamides is 1. The fourth-order valence-electron chi connectivity index (χ4n) is 2.23.